The highest BCUT2D eigenvalue weighted by Crippen LogP contribution is 2.31. The number of likely N-dealkylation sites (tertiary alicyclic amines) is 1. The Morgan fingerprint density at radius 1 is 1.08 bits per heavy atom. The van der Waals surface area contributed by atoms with Crippen LogP contribution in [0.1, 0.15) is 37.7 Å². The Hall–Kier alpha value is -3.23. The second-order valence-corrected chi connectivity index (χ2v) is 10.8. The van der Waals surface area contributed by atoms with Crippen molar-refractivity contribution in [2.24, 2.45) is 0 Å². The first-order valence-corrected chi connectivity index (χ1v) is 14.3. The summed E-state index contributed by atoms with van der Waals surface area (Å²) in [5.74, 6) is 0.800. The van der Waals surface area contributed by atoms with Gasteiger partial charge in [0.25, 0.3) is 0 Å². The average molecular weight is 552 g/mol. The summed E-state index contributed by atoms with van der Waals surface area (Å²) in [6.07, 6.45) is 8.66. The molecule has 0 aliphatic carbocycles. The second-order valence-electron chi connectivity index (χ2n) is 10.4. The molecule has 2 aliphatic rings. The number of amides is 1. The number of ether oxygens (including phenoxy) is 2. The third-order valence-corrected chi connectivity index (χ3v) is 7.91. The molecule has 2 aromatic carbocycles. The fourth-order valence-electron chi connectivity index (χ4n) is 5.47. The molecule has 0 spiro atoms. The minimum absolute atomic E-state index is 0.0835. The van der Waals surface area contributed by atoms with Gasteiger partial charge in [-0.1, -0.05) is 29.8 Å². The molecular formula is C30H38ClN5O3. The summed E-state index contributed by atoms with van der Waals surface area (Å²) in [7, 11) is 0. The normalized spacial score (nSPS) is 18.3. The molecule has 0 radical (unpaired) electrons. The van der Waals surface area contributed by atoms with Crippen molar-refractivity contribution in [1.82, 2.24) is 14.7 Å². The van der Waals surface area contributed by atoms with Crippen molar-refractivity contribution in [2.45, 2.75) is 57.7 Å². The van der Waals surface area contributed by atoms with E-state index >= 15 is 0 Å². The maximum absolute atomic E-state index is 12.8. The summed E-state index contributed by atoms with van der Waals surface area (Å²) in [5.41, 5.74) is 3.49. The van der Waals surface area contributed by atoms with Crippen LogP contribution < -0.4 is 15.0 Å². The number of hydrogen-bond acceptors (Lipinski definition) is 6. The first kappa shape index (κ1) is 27.3. The molecule has 39 heavy (non-hydrogen) atoms. The molecule has 9 heteroatoms. The zero-order chi connectivity index (χ0) is 27.0. The van der Waals surface area contributed by atoms with Crippen molar-refractivity contribution >= 4 is 28.9 Å². The Balaban J connectivity index is 1.05. The van der Waals surface area contributed by atoms with E-state index in [1.807, 2.05) is 35.4 Å². The number of para-hydroxylation sites is 1. The summed E-state index contributed by atoms with van der Waals surface area (Å²) >= 11 is 6.57. The first-order valence-electron chi connectivity index (χ1n) is 13.9. The Labute approximate surface area is 235 Å². The average Bonchev–Trinajstić information content (AvgIpc) is 3.46. The number of hydrogen-bond donors (Lipinski definition) is 1. The smallest absolute Gasteiger partial charge is 0.244 e. The molecule has 1 amide bonds. The molecular weight excluding hydrogens is 514 g/mol. The highest BCUT2D eigenvalue weighted by molar-refractivity contribution is 6.32. The van der Waals surface area contributed by atoms with Gasteiger partial charge in [-0.2, -0.15) is 5.10 Å². The van der Waals surface area contributed by atoms with Crippen molar-refractivity contribution in [3.63, 3.8) is 0 Å². The van der Waals surface area contributed by atoms with Crippen molar-refractivity contribution in [1.29, 1.82) is 0 Å². The monoisotopic (exact) mass is 551 g/mol. The Kier molecular flexibility index (Phi) is 9.27. The summed E-state index contributed by atoms with van der Waals surface area (Å²) in [6, 6.07) is 16.2. The molecule has 1 N–H and O–H groups in total. The summed E-state index contributed by atoms with van der Waals surface area (Å²) in [4.78, 5) is 17.2. The highest BCUT2D eigenvalue weighted by Gasteiger charge is 2.27. The van der Waals surface area contributed by atoms with E-state index in [0.29, 0.717) is 24.1 Å². The Morgan fingerprint density at radius 2 is 1.92 bits per heavy atom. The lowest BCUT2D eigenvalue weighted by Gasteiger charge is -2.35. The minimum atomic E-state index is 0.0835. The van der Waals surface area contributed by atoms with Crippen LogP contribution in [0.5, 0.6) is 5.75 Å². The predicted octanol–water partition coefficient (Wildman–Crippen LogP) is 5.36. The van der Waals surface area contributed by atoms with Crippen molar-refractivity contribution in [3.8, 4) is 5.75 Å². The number of rotatable bonds is 10. The van der Waals surface area contributed by atoms with E-state index in [-0.39, 0.29) is 24.6 Å². The lowest BCUT2D eigenvalue weighted by Crippen LogP contribution is -2.47. The number of aromatic nitrogens is 2. The fourth-order valence-corrected chi connectivity index (χ4v) is 5.70. The standard InChI is InChI=1S/C30H38ClN5O3/c1-23-7-2-3-9-28(23)34-17-12-26(13-18-34)39-29-11-10-24(19-27(29)31)32-22-38-21-25-8-4-5-16-36(25)30(37)20-35-15-6-14-33-35/h2-3,6-7,9-11,14-15,19,25-26,32H,4-5,8,12-13,16-18,20-22H2,1H3/t25-/m1/s1. The van der Waals surface area contributed by atoms with Gasteiger partial charge in [-0.3, -0.25) is 9.48 Å². The number of nitrogens with one attached hydrogen (secondary N) is 1. The van der Waals surface area contributed by atoms with Gasteiger partial charge in [-0.25, -0.2) is 0 Å². The highest BCUT2D eigenvalue weighted by atomic mass is 35.5. The van der Waals surface area contributed by atoms with Crippen LogP contribution in [0, 0.1) is 6.92 Å². The summed E-state index contributed by atoms with van der Waals surface area (Å²) in [5, 5.41) is 8.02. The van der Waals surface area contributed by atoms with Gasteiger partial charge in [-0.15, -0.1) is 0 Å². The van der Waals surface area contributed by atoms with Crippen LogP contribution in [0.3, 0.4) is 0 Å². The van der Waals surface area contributed by atoms with Gasteiger partial charge in [0.1, 0.15) is 25.1 Å². The molecule has 8 nitrogen and oxygen atoms in total. The van der Waals surface area contributed by atoms with Crippen LogP contribution in [0.4, 0.5) is 11.4 Å². The van der Waals surface area contributed by atoms with Gasteiger partial charge in [0.05, 0.1) is 17.7 Å². The summed E-state index contributed by atoms with van der Waals surface area (Å²) in [6.45, 7) is 5.96. The molecule has 1 atom stereocenters. The number of carbonyl (C=O) groups is 1. The predicted molar refractivity (Wildman–Crippen MR) is 155 cm³/mol. The van der Waals surface area contributed by atoms with E-state index in [2.05, 4.69) is 46.5 Å². The van der Waals surface area contributed by atoms with Crippen molar-refractivity contribution in [2.75, 3.05) is 43.2 Å². The molecule has 2 aliphatic heterocycles. The van der Waals surface area contributed by atoms with Gasteiger partial charge in [0, 0.05) is 56.2 Å². The third kappa shape index (κ3) is 7.25. The molecule has 0 bridgehead atoms. The largest absolute Gasteiger partial charge is 0.489 e. The minimum Gasteiger partial charge on any atom is -0.489 e. The van der Waals surface area contributed by atoms with Crippen LogP contribution in [-0.2, 0) is 16.1 Å². The van der Waals surface area contributed by atoms with Crippen LogP contribution in [0.15, 0.2) is 60.9 Å². The SMILES string of the molecule is Cc1ccccc1N1CCC(Oc2ccc(NCOC[C@H]3CCCCN3C(=O)Cn3cccn3)cc2Cl)CC1. The molecule has 3 aromatic rings. The maximum Gasteiger partial charge on any atom is 0.244 e. The first-order chi connectivity index (χ1) is 19.1. The van der Waals surface area contributed by atoms with Crippen molar-refractivity contribution < 1.29 is 14.3 Å². The number of piperidine rings is 2. The molecule has 1 aromatic heterocycles. The van der Waals surface area contributed by atoms with E-state index in [1.165, 1.54) is 11.3 Å². The van der Waals surface area contributed by atoms with E-state index in [0.717, 1.165) is 57.4 Å². The molecule has 208 valence electrons. The summed E-state index contributed by atoms with van der Waals surface area (Å²) < 4.78 is 13.9. The van der Waals surface area contributed by atoms with E-state index in [9.17, 15) is 4.79 Å². The quantitative estimate of drug-likeness (QED) is 0.270. The number of benzene rings is 2. The zero-order valence-electron chi connectivity index (χ0n) is 22.6. The number of aryl methyl sites for hydroxylation is 1. The van der Waals surface area contributed by atoms with Crippen LogP contribution >= 0.6 is 11.6 Å². The molecule has 0 unspecified atom stereocenters. The lowest BCUT2D eigenvalue weighted by molar-refractivity contribution is -0.137. The van der Waals surface area contributed by atoms with Gasteiger partial charge < -0.3 is 24.6 Å². The third-order valence-electron chi connectivity index (χ3n) is 7.62. The number of carbonyl (C=O) groups excluding carboxylic acids is 1. The fraction of sp³-hybridized carbons (Fsp3) is 0.467. The number of nitrogens with zero attached hydrogens (tertiary/aromatic N) is 4. The molecule has 0 saturated carbocycles. The van der Waals surface area contributed by atoms with Crippen LogP contribution in [0.25, 0.3) is 0 Å². The number of anilines is 2. The molecule has 5 rings (SSSR count). The Bertz CT molecular complexity index is 1210. The molecule has 3 heterocycles. The van der Waals surface area contributed by atoms with Gasteiger partial charge >= 0.3 is 0 Å². The zero-order valence-corrected chi connectivity index (χ0v) is 23.4. The van der Waals surface area contributed by atoms with Crippen LogP contribution in [0.2, 0.25) is 5.02 Å². The molecule has 2 fully saturated rings. The van der Waals surface area contributed by atoms with E-state index < -0.39 is 0 Å². The van der Waals surface area contributed by atoms with Gasteiger partial charge in [-0.05, 0) is 62.1 Å². The molecule has 2 saturated heterocycles. The lowest BCUT2D eigenvalue weighted by atomic mass is 10.0. The van der Waals surface area contributed by atoms with Gasteiger partial charge in [0.2, 0.25) is 5.91 Å². The Morgan fingerprint density at radius 3 is 2.69 bits per heavy atom. The second kappa shape index (κ2) is 13.2. The topological polar surface area (TPSA) is 71.9 Å². The van der Waals surface area contributed by atoms with E-state index in [1.54, 1.807) is 10.9 Å². The van der Waals surface area contributed by atoms with Crippen LogP contribution in [-0.4, -0.2) is 65.7 Å². The van der Waals surface area contributed by atoms with Gasteiger partial charge in [0.15, 0.2) is 0 Å². The maximum atomic E-state index is 12.8. The number of halogens is 1. The van der Waals surface area contributed by atoms with Crippen molar-refractivity contribution in [3.05, 3.63) is 71.5 Å². The van der Waals surface area contributed by atoms with E-state index in [4.69, 9.17) is 21.1 Å².